The number of rotatable bonds is 3. The Balaban J connectivity index is 2.68. The van der Waals surface area contributed by atoms with E-state index in [1.807, 2.05) is 31.2 Å². The second kappa shape index (κ2) is 5.40. The van der Waals surface area contributed by atoms with Crippen LogP contribution in [0.5, 0.6) is 0 Å². The van der Waals surface area contributed by atoms with Gasteiger partial charge in [0.05, 0.1) is 7.11 Å². The van der Waals surface area contributed by atoms with Crippen LogP contribution in [0.25, 0.3) is 12.2 Å². The van der Waals surface area contributed by atoms with Crippen molar-refractivity contribution in [2.45, 2.75) is 6.92 Å². The number of hydrogen-bond donors (Lipinski definition) is 0. The number of carbonyl (C=O) groups excluding carboxylic acids is 1. The van der Waals surface area contributed by atoms with Gasteiger partial charge in [0.1, 0.15) is 0 Å². The van der Waals surface area contributed by atoms with Crippen LogP contribution in [-0.4, -0.2) is 13.1 Å². The van der Waals surface area contributed by atoms with E-state index in [0.717, 1.165) is 4.88 Å². The quantitative estimate of drug-likeness (QED) is 0.564. The third-order valence-corrected chi connectivity index (χ3v) is 2.58. The molecular formula is C11H12O2S. The van der Waals surface area contributed by atoms with Gasteiger partial charge in [-0.1, -0.05) is 6.08 Å². The molecule has 0 atom stereocenters. The summed E-state index contributed by atoms with van der Waals surface area (Å²) in [6.07, 6.45) is 7.19. The summed E-state index contributed by atoms with van der Waals surface area (Å²) in [4.78, 5) is 13.0. The second-order valence-corrected chi connectivity index (χ2v) is 3.74. The van der Waals surface area contributed by atoms with Gasteiger partial charge in [-0.2, -0.15) is 0 Å². The minimum atomic E-state index is -0.328. The van der Waals surface area contributed by atoms with Crippen LogP contribution >= 0.6 is 11.3 Å². The van der Waals surface area contributed by atoms with Crippen LogP contribution in [0.1, 0.15) is 16.7 Å². The van der Waals surface area contributed by atoms with E-state index in [-0.39, 0.29) is 5.97 Å². The summed E-state index contributed by atoms with van der Waals surface area (Å²) in [5, 5.41) is 0. The maximum atomic E-state index is 10.8. The SMILES string of the molecule is C/C=C/c1ccc(/C=C/C(=O)OC)s1. The molecule has 1 heterocycles. The smallest absolute Gasteiger partial charge is 0.330 e. The van der Waals surface area contributed by atoms with Crippen molar-refractivity contribution in [1.29, 1.82) is 0 Å². The first-order chi connectivity index (χ1) is 6.76. The topological polar surface area (TPSA) is 26.3 Å². The molecule has 0 amide bonds. The summed E-state index contributed by atoms with van der Waals surface area (Å²) in [7, 11) is 1.37. The third kappa shape index (κ3) is 3.18. The summed E-state index contributed by atoms with van der Waals surface area (Å²) in [5.74, 6) is -0.328. The Morgan fingerprint density at radius 1 is 1.36 bits per heavy atom. The van der Waals surface area contributed by atoms with Crippen molar-refractivity contribution in [3.63, 3.8) is 0 Å². The number of ether oxygens (including phenoxy) is 1. The fraction of sp³-hybridized carbons (Fsp3) is 0.182. The molecule has 0 aliphatic rings. The van der Waals surface area contributed by atoms with Crippen LogP contribution in [0.3, 0.4) is 0 Å². The van der Waals surface area contributed by atoms with Crippen molar-refractivity contribution in [2.75, 3.05) is 7.11 Å². The highest BCUT2D eigenvalue weighted by atomic mass is 32.1. The molecule has 0 aliphatic carbocycles. The standard InChI is InChI=1S/C11H12O2S/c1-3-4-9-5-6-10(14-9)7-8-11(12)13-2/h3-8H,1-2H3/b4-3+,8-7+. The lowest BCUT2D eigenvalue weighted by Gasteiger charge is -1.87. The summed E-state index contributed by atoms with van der Waals surface area (Å²) < 4.78 is 4.49. The van der Waals surface area contributed by atoms with E-state index < -0.39 is 0 Å². The Bertz CT molecular complexity index is 361. The van der Waals surface area contributed by atoms with E-state index in [9.17, 15) is 4.79 Å². The first kappa shape index (κ1) is 10.7. The molecule has 2 nitrogen and oxygen atoms in total. The van der Waals surface area contributed by atoms with Gasteiger partial charge in [-0.15, -0.1) is 11.3 Å². The van der Waals surface area contributed by atoms with Crippen molar-refractivity contribution in [2.24, 2.45) is 0 Å². The average Bonchev–Trinajstić information content (AvgIpc) is 2.63. The van der Waals surface area contributed by atoms with E-state index in [0.29, 0.717) is 0 Å². The van der Waals surface area contributed by atoms with Crippen LogP contribution < -0.4 is 0 Å². The largest absolute Gasteiger partial charge is 0.466 e. The molecule has 0 bridgehead atoms. The predicted octanol–water partition coefficient (Wildman–Crippen LogP) is 2.97. The highest BCUT2D eigenvalue weighted by molar-refractivity contribution is 7.13. The van der Waals surface area contributed by atoms with Crippen LogP contribution in [0.4, 0.5) is 0 Å². The Morgan fingerprint density at radius 3 is 2.57 bits per heavy atom. The van der Waals surface area contributed by atoms with Crippen molar-refractivity contribution in [3.8, 4) is 0 Å². The molecule has 1 rings (SSSR count). The van der Waals surface area contributed by atoms with Crippen molar-refractivity contribution in [3.05, 3.63) is 34.0 Å². The van der Waals surface area contributed by atoms with Crippen molar-refractivity contribution < 1.29 is 9.53 Å². The monoisotopic (exact) mass is 208 g/mol. The molecule has 1 aromatic rings. The van der Waals surface area contributed by atoms with E-state index >= 15 is 0 Å². The predicted molar refractivity (Wildman–Crippen MR) is 60.1 cm³/mol. The van der Waals surface area contributed by atoms with Crippen LogP contribution in [0.15, 0.2) is 24.3 Å². The molecule has 0 fully saturated rings. The van der Waals surface area contributed by atoms with Crippen LogP contribution in [-0.2, 0) is 9.53 Å². The molecule has 0 aliphatic heterocycles. The number of allylic oxidation sites excluding steroid dienone is 1. The molecule has 0 N–H and O–H groups in total. The summed E-state index contributed by atoms with van der Waals surface area (Å²) in [6.45, 7) is 1.98. The zero-order valence-corrected chi connectivity index (χ0v) is 9.01. The lowest BCUT2D eigenvalue weighted by molar-refractivity contribution is -0.134. The van der Waals surface area contributed by atoms with Gasteiger partial charge in [0.25, 0.3) is 0 Å². The highest BCUT2D eigenvalue weighted by Gasteiger charge is 1.95. The summed E-state index contributed by atoms with van der Waals surface area (Å²) >= 11 is 1.63. The Hall–Kier alpha value is -1.35. The maximum absolute atomic E-state index is 10.8. The molecule has 0 saturated heterocycles. The molecule has 0 unspecified atom stereocenters. The molecule has 0 saturated carbocycles. The Morgan fingerprint density at radius 2 is 2.00 bits per heavy atom. The zero-order chi connectivity index (χ0) is 10.4. The van der Waals surface area contributed by atoms with Gasteiger partial charge >= 0.3 is 5.97 Å². The molecule has 0 radical (unpaired) electrons. The van der Waals surface area contributed by atoms with Crippen LogP contribution in [0.2, 0.25) is 0 Å². The zero-order valence-electron chi connectivity index (χ0n) is 8.19. The molecule has 74 valence electrons. The average molecular weight is 208 g/mol. The number of methoxy groups -OCH3 is 1. The van der Waals surface area contributed by atoms with Gasteiger partial charge in [-0.25, -0.2) is 4.79 Å². The van der Waals surface area contributed by atoms with Gasteiger partial charge in [0, 0.05) is 15.8 Å². The first-order valence-corrected chi connectivity index (χ1v) is 5.06. The van der Waals surface area contributed by atoms with Crippen molar-refractivity contribution >= 4 is 29.5 Å². The van der Waals surface area contributed by atoms with E-state index in [4.69, 9.17) is 0 Å². The summed E-state index contributed by atoms with van der Waals surface area (Å²) in [5.41, 5.74) is 0. The number of carbonyl (C=O) groups is 1. The van der Waals surface area contributed by atoms with E-state index in [1.165, 1.54) is 18.1 Å². The van der Waals surface area contributed by atoms with Gasteiger partial charge < -0.3 is 4.74 Å². The number of esters is 1. The second-order valence-electron chi connectivity index (χ2n) is 2.60. The lowest BCUT2D eigenvalue weighted by atomic mass is 10.4. The molecular weight excluding hydrogens is 196 g/mol. The van der Waals surface area contributed by atoms with Gasteiger partial charge in [-0.3, -0.25) is 0 Å². The Kier molecular flexibility index (Phi) is 4.13. The van der Waals surface area contributed by atoms with Crippen LogP contribution in [0, 0.1) is 0 Å². The van der Waals surface area contributed by atoms with Gasteiger partial charge in [0.15, 0.2) is 0 Å². The lowest BCUT2D eigenvalue weighted by Crippen LogP contribution is -1.92. The van der Waals surface area contributed by atoms with E-state index in [1.54, 1.807) is 17.4 Å². The molecule has 1 aromatic heterocycles. The highest BCUT2D eigenvalue weighted by Crippen LogP contribution is 2.19. The molecule has 0 spiro atoms. The molecule has 0 aromatic carbocycles. The normalized spacial score (nSPS) is 11.3. The summed E-state index contributed by atoms with van der Waals surface area (Å²) in [6, 6.07) is 3.99. The minimum Gasteiger partial charge on any atom is -0.466 e. The molecule has 14 heavy (non-hydrogen) atoms. The maximum Gasteiger partial charge on any atom is 0.330 e. The number of hydrogen-bond acceptors (Lipinski definition) is 3. The number of thiophene rings is 1. The van der Waals surface area contributed by atoms with Gasteiger partial charge in [-0.05, 0) is 31.2 Å². The first-order valence-electron chi connectivity index (χ1n) is 4.25. The third-order valence-electron chi connectivity index (χ3n) is 1.56. The fourth-order valence-electron chi connectivity index (χ4n) is 0.930. The van der Waals surface area contributed by atoms with Gasteiger partial charge in [0.2, 0.25) is 0 Å². The molecule has 3 heteroatoms. The fourth-order valence-corrected chi connectivity index (χ4v) is 1.81. The van der Waals surface area contributed by atoms with E-state index in [2.05, 4.69) is 4.74 Å². The Labute approximate surface area is 87.5 Å². The minimum absolute atomic E-state index is 0.328. The van der Waals surface area contributed by atoms with Crippen molar-refractivity contribution in [1.82, 2.24) is 0 Å².